The monoisotopic (exact) mass is 309 g/mol. The van der Waals surface area contributed by atoms with Gasteiger partial charge in [0.05, 0.1) is 12.6 Å². The number of aromatic nitrogens is 1. The molecule has 0 bridgehead atoms. The van der Waals surface area contributed by atoms with Crippen LogP contribution in [0.2, 0.25) is 0 Å². The Morgan fingerprint density at radius 3 is 2.65 bits per heavy atom. The van der Waals surface area contributed by atoms with Gasteiger partial charge in [-0.2, -0.15) is 0 Å². The van der Waals surface area contributed by atoms with E-state index < -0.39 is 0 Å². The lowest BCUT2D eigenvalue weighted by atomic mass is 10.0. The second-order valence-corrected chi connectivity index (χ2v) is 6.30. The highest BCUT2D eigenvalue weighted by molar-refractivity contribution is 5.55. The van der Waals surface area contributed by atoms with Crippen molar-refractivity contribution in [2.45, 2.75) is 18.9 Å². The van der Waals surface area contributed by atoms with Crippen LogP contribution in [0.25, 0.3) is 0 Å². The average Bonchev–Trinajstić information content (AvgIpc) is 3.13. The van der Waals surface area contributed by atoms with Crippen LogP contribution < -0.4 is 9.64 Å². The molecule has 1 unspecified atom stereocenters. The van der Waals surface area contributed by atoms with Crippen molar-refractivity contribution in [3.8, 4) is 5.75 Å². The van der Waals surface area contributed by atoms with Crippen molar-refractivity contribution < 1.29 is 4.74 Å². The van der Waals surface area contributed by atoms with Crippen LogP contribution in [0.1, 0.15) is 24.4 Å². The van der Waals surface area contributed by atoms with Gasteiger partial charge in [-0.25, -0.2) is 4.98 Å². The normalized spacial score (nSPS) is 19.2. The molecule has 3 heterocycles. The van der Waals surface area contributed by atoms with Crippen molar-refractivity contribution in [1.82, 2.24) is 9.88 Å². The summed E-state index contributed by atoms with van der Waals surface area (Å²) >= 11 is 0. The van der Waals surface area contributed by atoms with Crippen LogP contribution in [0.4, 0.5) is 5.82 Å². The van der Waals surface area contributed by atoms with Crippen LogP contribution in [-0.4, -0.2) is 42.7 Å². The van der Waals surface area contributed by atoms with Gasteiger partial charge in [-0.15, -0.1) is 0 Å². The molecule has 120 valence electrons. The molecule has 0 N–H and O–H groups in total. The van der Waals surface area contributed by atoms with E-state index in [4.69, 9.17) is 4.74 Å². The van der Waals surface area contributed by atoms with E-state index in [1.165, 1.54) is 31.5 Å². The lowest BCUT2D eigenvalue weighted by Gasteiger charge is -2.38. The zero-order chi connectivity index (χ0) is 15.5. The first kappa shape index (κ1) is 14.5. The Morgan fingerprint density at radius 1 is 1.00 bits per heavy atom. The van der Waals surface area contributed by atoms with E-state index in [-0.39, 0.29) is 0 Å². The van der Waals surface area contributed by atoms with Gasteiger partial charge in [-0.1, -0.05) is 30.3 Å². The van der Waals surface area contributed by atoms with Crippen molar-refractivity contribution >= 4 is 5.82 Å². The summed E-state index contributed by atoms with van der Waals surface area (Å²) in [6, 6.07) is 15.1. The topological polar surface area (TPSA) is 28.6 Å². The standard InChI is InChI=1S/C19H23N3O/c1-2-7-16(8-3-1)17(15-21-11-4-5-12-21)22-13-14-23-18-9-6-10-20-19(18)22/h1-3,6-10,17H,4-5,11-15H2. The van der Waals surface area contributed by atoms with Gasteiger partial charge in [0.2, 0.25) is 0 Å². The number of benzene rings is 1. The van der Waals surface area contributed by atoms with Gasteiger partial charge in [0.1, 0.15) is 6.61 Å². The zero-order valence-corrected chi connectivity index (χ0v) is 13.4. The number of pyridine rings is 1. The number of rotatable bonds is 4. The van der Waals surface area contributed by atoms with Crippen LogP contribution in [0.5, 0.6) is 5.75 Å². The van der Waals surface area contributed by atoms with Gasteiger partial charge in [0, 0.05) is 12.7 Å². The Balaban J connectivity index is 1.67. The SMILES string of the molecule is c1ccc(C(CN2CCCC2)N2CCOc3cccnc32)cc1. The molecule has 0 aliphatic carbocycles. The van der Waals surface area contributed by atoms with Crippen molar-refractivity contribution in [3.63, 3.8) is 0 Å². The van der Waals surface area contributed by atoms with Gasteiger partial charge < -0.3 is 14.5 Å². The van der Waals surface area contributed by atoms with Crippen molar-refractivity contribution in [2.75, 3.05) is 37.7 Å². The summed E-state index contributed by atoms with van der Waals surface area (Å²) in [6.45, 7) is 5.09. The molecule has 4 heteroatoms. The molecule has 0 amide bonds. The molecule has 23 heavy (non-hydrogen) atoms. The first-order chi connectivity index (χ1) is 11.4. The van der Waals surface area contributed by atoms with Crippen LogP contribution in [0, 0.1) is 0 Å². The smallest absolute Gasteiger partial charge is 0.172 e. The number of fused-ring (bicyclic) bond motifs is 1. The second kappa shape index (κ2) is 6.59. The molecule has 2 aliphatic heterocycles. The lowest BCUT2D eigenvalue weighted by molar-refractivity contribution is 0.270. The summed E-state index contributed by atoms with van der Waals surface area (Å²) < 4.78 is 5.79. The molecule has 0 spiro atoms. The number of nitrogens with zero attached hydrogens (tertiary/aromatic N) is 3. The largest absolute Gasteiger partial charge is 0.488 e. The molecule has 1 atom stereocenters. The Morgan fingerprint density at radius 2 is 1.83 bits per heavy atom. The van der Waals surface area contributed by atoms with Crippen molar-refractivity contribution in [2.24, 2.45) is 0 Å². The predicted molar refractivity (Wildman–Crippen MR) is 91.9 cm³/mol. The maximum Gasteiger partial charge on any atom is 0.172 e. The Kier molecular flexibility index (Phi) is 4.16. The number of hydrogen-bond acceptors (Lipinski definition) is 4. The molecule has 4 nitrogen and oxygen atoms in total. The summed E-state index contributed by atoms with van der Waals surface area (Å²) in [6.07, 6.45) is 4.50. The summed E-state index contributed by atoms with van der Waals surface area (Å²) in [5.41, 5.74) is 1.36. The summed E-state index contributed by atoms with van der Waals surface area (Å²) in [5.74, 6) is 1.88. The van der Waals surface area contributed by atoms with Crippen LogP contribution in [0.3, 0.4) is 0 Å². The van der Waals surface area contributed by atoms with Crippen LogP contribution >= 0.6 is 0 Å². The van der Waals surface area contributed by atoms with E-state index in [9.17, 15) is 0 Å². The van der Waals surface area contributed by atoms with Crippen LogP contribution in [-0.2, 0) is 0 Å². The minimum absolute atomic E-state index is 0.326. The number of ether oxygens (including phenoxy) is 1. The molecule has 0 radical (unpaired) electrons. The molecule has 1 aromatic carbocycles. The maximum absolute atomic E-state index is 5.79. The number of hydrogen-bond donors (Lipinski definition) is 0. The fourth-order valence-electron chi connectivity index (χ4n) is 3.64. The van der Waals surface area contributed by atoms with E-state index in [1.807, 2.05) is 18.3 Å². The van der Waals surface area contributed by atoms with Gasteiger partial charge in [-0.3, -0.25) is 0 Å². The van der Waals surface area contributed by atoms with E-state index in [2.05, 4.69) is 45.1 Å². The van der Waals surface area contributed by atoms with Crippen LogP contribution in [0.15, 0.2) is 48.7 Å². The number of likely N-dealkylation sites (tertiary alicyclic amines) is 1. The van der Waals surface area contributed by atoms with Gasteiger partial charge in [-0.05, 0) is 43.6 Å². The van der Waals surface area contributed by atoms with Gasteiger partial charge in [0.25, 0.3) is 0 Å². The van der Waals surface area contributed by atoms with Gasteiger partial charge >= 0.3 is 0 Å². The van der Waals surface area contributed by atoms with Crippen molar-refractivity contribution in [1.29, 1.82) is 0 Å². The van der Waals surface area contributed by atoms with E-state index >= 15 is 0 Å². The third-order valence-electron chi connectivity index (χ3n) is 4.80. The average molecular weight is 309 g/mol. The Labute approximate surface area is 137 Å². The molecule has 1 aromatic heterocycles. The summed E-state index contributed by atoms with van der Waals surface area (Å²) in [4.78, 5) is 9.61. The highest BCUT2D eigenvalue weighted by Gasteiger charge is 2.29. The second-order valence-electron chi connectivity index (χ2n) is 6.30. The molecule has 1 fully saturated rings. The first-order valence-electron chi connectivity index (χ1n) is 8.53. The van der Waals surface area contributed by atoms with E-state index in [0.29, 0.717) is 6.04 Å². The maximum atomic E-state index is 5.79. The molecular weight excluding hydrogens is 286 g/mol. The number of anilines is 1. The highest BCUT2D eigenvalue weighted by Crippen LogP contribution is 2.35. The minimum atomic E-state index is 0.326. The Bertz CT molecular complexity index is 640. The fourth-order valence-corrected chi connectivity index (χ4v) is 3.64. The third kappa shape index (κ3) is 3.04. The quantitative estimate of drug-likeness (QED) is 0.867. The molecule has 0 saturated carbocycles. The molecular formula is C19H23N3O. The molecule has 2 aromatic rings. The molecule has 4 rings (SSSR count). The summed E-state index contributed by atoms with van der Waals surface area (Å²) in [7, 11) is 0. The lowest BCUT2D eigenvalue weighted by Crippen LogP contribution is -2.42. The van der Waals surface area contributed by atoms with Crippen molar-refractivity contribution in [3.05, 3.63) is 54.2 Å². The molecule has 2 aliphatic rings. The zero-order valence-electron chi connectivity index (χ0n) is 13.4. The van der Waals surface area contributed by atoms with E-state index in [0.717, 1.165) is 31.3 Å². The molecule has 1 saturated heterocycles. The third-order valence-corrected chi connectivity index (χ3v) is 4.80. The first-order valence-corrected chi connectivity index (χ1v) is 8.53. The fraction of sp³-hybridized carbons (Fsp3) is 0.421. The van der Waals surface area contributed by atoms with E-state index in [1.54, 1.807) is 0 Å². The predicted octanol–water partition coefficient (Wildman–Crippen LogP) is 3.12. The van der Waals surface area contributed by atoms with Gasteiger partial charge in [0.15, 0.2) is 11.6 Å². The summed E-state index contributed by atoms with van der Waals surface area (Å²) in [5, 5.41) is 0. The Hall–Kier alpha value is -2.07. The highest BCUT2D eigenvalue weighted by atomic mass is 16.5. The minimum Gasteiger partial charge on any atom is -0.488 e.